The Morgan fingerprint density at radius 1 is 0.556 bits per heavy atom. The summed E-state index contributed by atoms with van der Waals surface area (Å²) in [5.74, 6) is 0. The zero-order valence-corrected chi connectivity index (χ0v) is 16.1. The van der Waals surface area contributed by atoms with Crippen LogP contribution in [0.4, 0.5) is 25.2 Å². The van der Waals surface area contributed by atoms with Crippen molar-refractivity contribution in [3.8, 4) is 0 Å². The van der Waals surface area contributed by atoms with Crippen molar-refractivity contribution in [2.45, 2.75) is 24.5 Å². The number of fused-ring (bicyclic) bond motifs is 2. The molecule has 0 nitrogen and oxygen atoms in total. The Hall–Kier alpha value is -1.63. The Labute approximate surface area is 159 Å². The molecule has 1 aliphatic heterocycles. The van der Waals surface area contributed by atoms with Gasteiger partial charge in [-0.05, 0) is 36.4 Å². The molecule has 0 aliphatic carbocycles. The van der Waals surface area contributed by atoms with Crippen LogP contribution in [0.2, 0.25) is 0 Å². The number of hydrogen-bond acceptors (Lipinski definition) is 1. The standard InChI is InChI=1S/C18H13S2.F6P/c1-2-8-14(9-3-1)20-17-12-6-4-10-15(17)19-16-11-5-7-13-18(16)20;1-7(2,3,4,5)6/h1-13H;/q+1;-1. The quantitative estimate of drug-likeness (QED) is 0.163. The third kappa shape index (κ3) is 6.19. The van der Waals surface area contributed by atoms with E-state index in [1.165, 1.54) is 24.5 Å². The predicted molar refractivity (Wildman–Crippen MR) is 99.2 cm³/mol. The van der Waals surface area contributed by atoms with E-state index in [1.54, 1.807) is 0 Å². The first-order chi connectivity index (χ1) is 12.4. The summed E-state index contributed by atoms with van der Waals surface area (Å²) in [5, 5.41) is 0. The molecule has 0 saturated heterocycles. The first kappa shape index (κ1) is 20.1. The van der Waals surface area contributed by atoms with Crippen molar-refractivity contribution in [1.29, 1.82) is 0 Å². The van der Waals surface area contributed by atoms with E-state index in [1.807, 2.05) is 11.8 Å². The summed E-state index contributed by atoms with van der Waals surface area (Å²) in [7, 11) is -10.6. The summed E-state index contributed by atoms with van der Waals surface area (Å²) in [6.07, 6.45) is 0. The summed E-state index contributed by atoms with van der Waals surface area (Å²) in [6, 6.07) is 28.4. The van der Waals surface area contributed by atoms with E-state index >= 15 is 0 Å². The molecule has 1 heterocycles. The van der Waals surface area contributed by atoms with Crippen LogP contribution >= 0.6 is 19.6 Å². The van der Waals surface area contributed by atoms with Gasteiger partial charge in [-0.3, -0.25) is 0 Å². The van der Waals surface area contributed by atoms with Crippen LogP contribution in [0.3, 0.4) is 0 Å². The summed E-state index contributed by atoms with van der Waals surface area (Å²) >= 11 is 1.89. The molecule has 0 radical (unpaired) electrons. The second-order valence-electron chi connectivity index (χ2n) is 5.57. The average molecular weight is 438 g/mol. The molecule has 4 rings (SSSR count). The van der Waals surface area contributed by atoms with Gasteiger partial charge in [0.05, 0.1) is 9.79 Å². The fourth-order valence-corrected chi connectivity index (χ4v) is 6.21. The van der Waals surface area contributed by atoms with Crippen molar-refractivity contribution in [1.82, 2.24) is 0 Å². The van der Waals surface area contributed by atoms with E-state index in [4.69, 9.17) is 0 Å². The molecular weight excluding hydrogens is 425 g/mol. The normalized spacial score (nSPS) is 16.1. The van der Waals surface area contributed by atoms with Gasteiger partial charge in [0.2, 0.25) is 0 Å². The molecule has 0 N–H and O–H groups in total. The monoisotopic (exact) mass is 438 g/mol. The predicted octanol–water partition coefficient (Wildman–Crippen LogP) is 8.63. The molecule has 0 bridgehead atoms. The van der Waals surface area contributed by atoms with Gasteiger partial charge in [-0.2, -0.15) is 0 Å². The molecule has 1 aliphatic rings. The molecular formula is C18H13F6PS2. The van der Waals surface area contributed by atoms with Crippen LogP contribution in [0.5, 0.6) is 0 Å². The number of rotatable bonds is 1. The number of hydrogen-bond donors (Lipinski definition) is 0. The van der Waals surface area contributed by atoms with Crippen molar-refractivity contribution >= 4 is 30.5 Å². The van der Waals surface area contributed by atoms with Crippen molar-refractivity contribution in [2.24, 2.45) is 0 Å². The molecule has 144 valence electrons. The molecule has 0 atom stereocenters. The topological polar surface area (TPSA) is 0 Å². The van der Waals surface area contributed by atoms with Crippen LogP contribution in [0.25, 0.3) is 0 Å². The Balaban J connectivity index is 0.000000260. The van der Waals surface area contributed by atoms with E-state index in [0.29, 0.717) is 0 Å². The van der Waals surface area contributed by atoms with Crippen molar-refractivity contribution in [2.75, 3.05) is 0 Å². The van der Waals surface area contributed by atoms with Gasteiger partial charge in [-0.1, -0.05) is 54.2 Å². The van der Waals surface area contributed by atoms with Gasteiger partial charge in [-0.15, -0.1) is 0 Å². The molecule has 3 aromatic carbocycles. The van der Waals surface area contributed by atoms with E-state index < -0.39 is 7.81 Å². The third-order valence-corrected chi connectivity index (χ3v) is 7.08. The van der Waals surface area contributed by atoms with E-state index in [-0.39, 0.29) is 10.9 Å². The maximum Gasteiger partial charge on any atom is 0.180 e. The average Bonchev–Trinajstić information content (AvgIpc) is 2.57. The van der Waals surface area contributed by atoms with Crippen LogP contribution in [-0.2, 0) is 10.9 Å². The van der Waals surface area contributed by atoms with Crippen LogP contribution in [-0.4, -0.2) is 0 Å². The number of benzene rings is 3. The first-order valence-electron chi connectivity index (χ1n) is 7.60. The zero-order chi connectivity index (χ0) is 19.8. The molecule has 27 heavy (non-hydrogen) atoms. The minimum atomic E-state index is -10.7. The minimum Gasteiger partial charge on any atom is -0.0795 e. The largest absolute Gasteiger partial charge is 0.180 e. The second kappa shape index (κ2) is 6.47. The van der Waals surface area contributed by atoms with Gasteiger partial charge in [-0.25, -0.2) is 0 Å². The smallest absolute Gasteiger partial charge is 0.0795 e. The Bertz CT molecular complexity index is 902. The van der Waals surface area contributed by atoms with Gasteiger partial charge < -0.3 is 0 Å². The molecule has 3 aromatic rings. The van der Waals surface area contributed by atoms with Gasteiger partial charge in [0.15, 0.2) is 14.7 Å². The zero-order valence-electron chi connectivity index (χ0n) is 13.5. The third-order valence-electron chi connectivity index (χ3n) is 3.34. The minimum absolute atomic E-state index is 0.0212. The summed E-state index contributed by atoms with van der Waals surface area (Å²) in [6.45, 7) is 0. The maximum absolute atomic E-state index is 10.7. The van der Waals surface area contributed by atoms with E-state index in [9.17, 15) is 25.2 Å². The summed E-state index contributed by atoms with van der Waals surface area (Å²) in [4.78, 5) is 7.06. The fourth-order valence-electron chi connectivity index (χ4n) is 2.45. The Morgan fingerprint density at radius 3 is 1.37 bits per heavy atom. The molecule has 9 heteroatoms. The van der Waals surface area contributed by atoms with Gasteiger partial charge in [0, 0.05) is 0 Å². The van der Waals surface area contributed by atoms with E-state index in [0.717, 1.165) is 0 Å². The molecule has 0 fully saturated rings. The Kier molecular flexibility index (Phi) is 4.82. The van der Waals surface area contributed by atoms with Gasteiger partial charge in [0.1, 0.15) is 10.9 Å². The van der Waals surface area contributed by atoms with Crippen LogP contribution in [0.1, 0.15) is 0 Å². The maximum atomic E-state index is 9.87. The van der Waals surface area contributed by atoms with Crippen LogP contribution in [0.15, 0.2) is 103 Å². The van der Waals surface area contributed by atoms with Crippen molar-refractivity contribution in [3.63, 3.8) is 0 Å². The SMILES string of the molecule is F[P-](F)(F)(F)(F)F.c1ccc([S+]2c3ccccc3Sc3ccccc32)cc1. The van der Waals surface area contributed by atoms with Crippen LogP contribution in [0, 0.1) is 0 Å². The fraction of sp³-hybridized carbons (Fsp3) is 0. The van der Waals surface area contributed by atoms with Gasteiger partial charge in [0.25, 0.3) is 0 Å². The van der Waals surface area contributed by atoms with Crippen molar-refractivity contribution < 1.29 is 25.2 Å². The Morgan fingerprint density at radius 2 is 0.926 bits per heavy atom. The molecule has 0 unspecified atom stereocenters. The molecule has 0 spiro atoms. The summed E-state index contributed by atoms with van der Waals surface area (Å²) < 4.78 is 59.2. The van der Waals surface area contributed by atoms with Crippen molar-refractivity contribution in [3.05, 3.63) is 78.9 Å². The first-order valence-corrected chi connectivity index (χ1v) is 11.7. The molecule has 0 aromatic heterocycles. The van der Waals surface area contributed by atoms with E-state index in [2.05, 4.69) is 78.9 Å². The number of halogens is 6. The molecule has 0 amide bonds. The van der Waals surface area contributed by atoms with Crippen LogP contribution < -0.4 is 0 Å². The van der Waals surface area contributed by atoms with Gasteiger partial charge >= 0.3 is 33.0 Å². The summed E-state index contributed by atoms with van der Waals surface area (Å²) in [5.41, 5.74) is 0. The second-order valence-corrected chi connectivity index (χ2v) is 10.5. The molecule has 0 saturated carbocycles.